The first-order valence-electron chi connectivity index (χ1n) is 5.62. The largest absolute Gasteiger partial charge is 0.313 e. The van der Waals surface area contributed by atoms with Crippen LogP contribution >= 0.6 is 11.6 Å². The zero-order valence-electron chi connectivity index (χ0n) is 9.73. The Kier molecular flexibility index (Phi) is 4.13. The van der Waals surface area contributed by atoms with Crippen LogP contribution in [0.4, 0.5) is 0 Å². The first-order valence-corrected chi connectivity index (χ1v) is 5.99. The predicted molar refractivity (Wildman–Crippen MR) is 71.2 cm³/mol. The van der Waals surface area contributed by atoms with Crippen molar-refractivity contribution < 1.29 is 0 Å². The molecule has 1 N–H and O–H groups in total. The second-order valence-electron chi connectivity index (χ2n) is 3.92. The molecule has 1 unspecified atom stereocenters. The summed E-state index contributed by atoms with van der Waals surface area (Å²) in [5, 5.41) is 4.11. The van der Waals surface area contributed by atoms with E-state index in [9.17, 15) is 0 Å². The van der Waals surface area contributed by atoms with Gasteiger partial charge in [0.2, 0.25) is 0 Å². The monoisotopic (exact) mass is 246 g/mol. The van der Waals surface area contributed by atoms with Gasteiger partial charge in [0.05, 0.1) is 0 Å². The summed E-state index contributed by atoms with van der Waals surface area (Å²) in [7, 11) is 1.95. The Morgan fingerprint density at radius 1 is 1.24 bits per heavy atom. The van der Waals surface area contributed by atoms with Gasteiger partial charge in [-0.3, -0.25) is 4.98 Å². The van der Waals surface area contributed by atoms with Crippen LogP contribution in [0, 0.1) is 0 Å². The van der Waals surface area contributed by atoms with Gasteiger partial charge < -0.3 is 5.32 Å². The van der Waals surface area contributed by atoms with Crippen molar-refractivity contribution in [2.24, 2.45) is 0 Å². The Labute approximate surface area is 107 Å². The molecule has 0 amide bonds. The van der Waals surface area contributed by atoms with Crippen molar-refractivity contribution in [2.75, 3.05) is 7.05 Å². The Morgan fingerprint density at radius 3 is 2.71 bits per heavy atom. The van der Waals surface area contributed by atoms with Crippen molar-refractivity contribution in [3.8, 4) is 0 Å². The molecule has 2 aromatic rings. The van der Waals surface area contributed by atoms with Crippen molar-refractivity contribution in [2.45, 2.75) is 12.5 Å². The minimum atomic E-state index is 0.239. The summed E-state index contributed by atoms with van der Waals surface area (Å²) in [5.41, 5.74) is 2.33. The van der Waals surface area contributed by atoms with Crippen LogP contribution in [0.25, 0.3) is 0 Å². The quantitative estimate of drug-likeness (QED) is 0.896. The van der Waals surface area contributed by atoms with Crippen LogP contribution in [0.5, 0.6) is 0 Å². The molecule has 88 valence electrons. The standard InChI is InChI=1S/C14H15ClN2/c1-16-14(12-6-4-8-17-10-12)9-11-5-2-3-7-13(11)15/h2-8,10,14,16H,9H2,1H3. The maximum atomic E-state index is 6.17. The van der Waals surface area contributed by atoms with Gasteiger partial charge in [0.15, 0.2) is 0 Å². The van der Waals surface area contributed by atoms with Gasteiger partial charge in [0.1, 0.15) is 0 Å². The summed E-state index contributed by atoms with van der Waals surface area (Å²) in [6, 6.07) is 12.2. The van der Waals surface area contributed by atoms with Crippen LogP contribution in [-0.4, -0.2) is 12.0 Å². The lowest BCUT2D eigenvalue weighted by molar-refractivity contribution is 0.590. The van der Waals surface area contributed by atoms with E-state index in [1.54, 1.807) is 6.20 Å². The third kappa shape index (κ3) is 3.05. The lowest BCUT2D eigenvalue weighted by Gasteiger charge is -2.16. The van der Waals surface area contributed by atoms with Crippen LogP contribution in [-0.2, 0) is 6.42 Å². The fraction of sp³-hybridized carbons (Fsp3) is 0.214. The van der Waals surface area contributed by atoms with Crippen LogP contribution in [0.1, 0.15) is 17.2 Å². The number of aromatic nitrogens is 1. The van der Waals surface area contributed by atoms with Gasteiger partial charge in [0, 0.05) is 23.5 Å². The predicted octanol–water partition coefficient (Wildman–Crippen LogP) is 3.24. The van der Waals surface area contributed by atoms with E-state index >= 15 is 0 Å². The van der Waals surface area contributed by atoms with Gasteiger partial charge in [-0.05, 0) is 36.7 Å². The minimum absolute atomic E-state index is 0.239. The highest BCUT2D eigenvalue weighted by Crippen LogP contribution is 2.22. The molecule has 17 heavy (non-hydrogen) atoms. The average Bonchev–Trinajstić information content (AvgIpc) is 2.39. The maximum Gasteiger partial charge on any atom is 0.0438 e. The van der Waals surface area contributed by atoms with Gasteiger partial charge in [-0.25, -0.2) is 0 Å². The van der Waals surface area contributed by atoms with E-state index in [-0.39, 0.29) is 6.04 Å². The molecule has 0 bridgehead atoms. The molecule has 0 saturated heterocycles. The zero-order valence-corrected chi connectivity index (χ0v) is 10.5. The van der Waals surface area contributed by atoms with Gasteiger partial charge in [-0.15, -0.1) is 0 Å². The number of nitrogens with zero attached hydrogens (tertiary/aromatic N) is 1. The summed E-state index contributed by atoms with van der Waals surface area (Å²) in [5.74, 6) is 0. The summed E-state index contributed by atoms with van der Waals surface area (Å²) in [4.78, 5) is 4.14. The molecule has 1 atom stereocenters. The number of benzene rings is 1. The number of hydrogen-bond donors (Lipinski definition) is 1. The van der Waals surface area contributed by atoms with Gasteiger partial charge >= 0.3 is 0 Å². The maximum absolute atomic E-state index is 6.17. The highest BCUT2D eigenvalue weighted by Gasteiger charge is 2.11. The molecule has 2 nitrogen and oxygen atoms in total. The number of pyridine rings is 1. The molecule has 0 spiro atoms. The number of likely N-dealkylation sites (N-methyl/N-ethyl adjacent to an activating group) is 1. The molecule has 0 aliphatic heterocycles. The van der Waals surface area contributed by atoms with Crippen molar-refractivity contribution >= 4 is 11.6 Å². The molecule has 1 heterocycles. The highest BCUT2D eigenvalue weighted by molar-refractivity contribution is 6.31. The first-order chi connectivity index (χ1) is 8.31. The molecule has 0 saturated carbocycles. The number of hydrogen-bond acceptors (Lipinski definition) is 2. The van der Waals surface area contributed by atoms with Crippen molar-refractivity contribution in [1.82, 2.24) is 10.3 Å². The normalized spacial score (nSPS) is 12.4. The SMILES string of the molecule is CNC(Cc1ccccc1Cl)c1cccnc1. The third-order valence-corrected chi connectivity index (χ3v) is 3.19. The summed E-state index contributed by atoms with van der Waals surface area (Å²) in [6.45, 7) is 0. The smallest absolute Gasteiger partial charge is 0.0438 e. The van der Waals surface area contributed by atoms with Crippen molar-refractivity contribution in [3.63, 3.8) is 0 Å². The van der Waals surface area contributed by atoms with Gasteiger partial charge in [-0.2, -0.15) is 0 Å². The molecule has 0 aliphatic carbocycles. The summed E-state index contributed by atoms with van der Waals surface area (Å²) < 4.78 is 0. The lowest BCUT2D eigenvalue weighted by Crippen LogP contribution is -2.19. The molecule has 0 aliphatic rings. The van der Waals surface area contributed by atoms with E-state index in [1.807, 2.05) is 37.5 Å². The Balaban J connectivity index is 2.19. The minimum Gasteiger partial charge on any atom is -0.313 e. The Bertz CT molecular complexity index is 471. The summed E-state index contributed by atoms with van der Waals surface area (Å²) >= 11 is 6.17. The topological polar surface area (TPSA) is 24.9 Å². The second-order valence-corrected chi connectivity index (χ2v) is 4.33. The van der Waals surface area contributed by atoms with E-state index in [2.05, 4.69) is 22.4 Å². The molecule has 2 rings (SSSR count). The molecule has 1 aromatic carbocycles. The molecular formula is C14H15ClN2. The first kappa shape index (κ1) is 12.1. The van der Waals surface area contributed by atoms with Gasteiger partial charge in [0.25, 0.3) is 0 Å². The van der Waals surface area contributed by atoms with Crippen LogP contribution in [0.15, 0.2) is 48.8 Å². The third-order valence-electron chi connectivity index (χ3n) is 2.82. The second kappa shape index (κ2) is 5.80. The molecule has 0 radical (unpaired) electrons. The van der Waals surface area contributed by atoms with E-state index in [1.165, 1.54) is 5.56 Å². The van der Waals surface area contributed by atoms with E-state index < -0.39 is 0 Å². The van der Waals surface area contributed by atoms with Crippen molar-refractivity contribution in [3.05, 3.63) is 64.9 Å². The van der Waals surface area contributed by atoms with Crippen LogP contribution in [0.3, 0.4) is 0 Å². The fourth-order valence-electron chi connectivity index (χ4n) is 1.85. The molecule has 1 aromatic heterocycles. The highest BCUT2D eigenvalue weighted by atomic mass is 35.5. The molecule has 3 heteroatoms. The van der Waals surface area contributed by atoms with Crippen LogP contribution in [0.2, 0.25) is 5.02 Å². The molecular weight excluding hydrogens is 232 g/mol. The average molecular weight is 247 g/mol. The number of rotatable bonds is 4. The number of nitrogens with one attached hydrogen (secondary N) is 1. The van der Waals surface area contributed by atoms with Gasteiger partial charge in [-0.1, -0.05) is 35.9 Å². The Hall–Kier alpha value is -1.38. The number of halogens is 1. The van der Waals surface area contributed by atoms with E-state index in [4.69, 9.17) is 11.6 Å². The van der Waals surface area contributed by atoms with E-state index in [0.717, 1.165) is 17.0 Å². The van der Waals surface area contributed by atoms with Crippen molar-refractivity contribution in [1.29, 1.82) is 0 Å². The van der Waals surface area contributed by atoms with Crippen LogP contribution < -0.4 is 5.32 Å². The molecule has 0 fully saturated rings. The van der Waals surface area contributed by atoms with E-state index in [0.29, 0.717) is 0 Å². The zero-order chi connectivity index (χ0) is 12.1. The summed E-state index contributed by atoms with van der Waals surface area (Å²) in [6.07, 6.45) is 4.53. The Morgan fingerprint density at radius 2 is 2.06 bits per heavy atom. The fourth-order valence-corrected chi connectivity index (χ4v) is 2.07. The lowest BCUT2D eigenvalue weighted by atomic mass is 10.0.